The summed E-state index contributed by atoms with van der Waals surface area (Å²) >= 11 is 5.91. The lowest BCUT2D eigenvalue weighted by Gasteiger charge is -2.08. The number of nitrogens with zero attached hydrogens (tertiary/aromatic N) is 3. The first-order valence-electron chi connectivity index (χ1n) is 7.19. The minimum Gasteiger partial charge on any atom is -0.508 e. The standard InChI is InChI=1S/C17H12ClN3O4/c18-11-7-14-16(19-8-11)21(9-15(23)24)17(25)13(20-14)6-3-10-1-4-12(22)5-2-10/h1-8,22H,9H2,(H,23,24)/b6-3+. The van der Waals surface area contributed by atoms with Gasteiger partial charge in [-0.25, -0.2) is 9.97 Å². The summed E-state index contributed by atoms with van der Waals surface area (Å²) in [6.45, 7) is -0.535. The number of aromatic hydroxyl groups is 1. The second-order valence-electron chi connectivity index (χ2n) is 5.20. The second kappa shape index (κ2) is 6.74. The van der Waals surface area contributed by atoms with E-state index in [9.17, 15) is 14.7 Å². The van der Waals surface area contributed by atoms with E-state index in [1.807, 2.05) is 0 Å². The first-order chi connectivity index (χ1) is 11.9. The van der Waals surface area contributed by atoms with E-state index in [2.05, 4.69) is 9.97 Å². The van der Waals surface area contributed by atoms with Crippen LogP contribution in [0.1, 0.15) is 11.3 Å². The van der Waals surface area contributed by atoms with Crippen LogP contribution in [0.25, 0.3) is 23.3 Å². The molecule has 0 radical (unpaired) electrons. The van der Waals surface area contributed by atoms with Gasteiger partial charge in [-0.1, -0.05) is 29.8 Å². The third kappa shape index (κ3) is 3.67. The molecule has 0 atom stereocenters. The Morgan fingerprint density at radius 1 is 1.24 bits per heavy atom. The summed E-state index contributed by atoms with van der Waals surface area (Å²) < 4.78 is 1.04. The third-order valence-electron chi connectivity index (χ3n) is 3.39. The van der Waals surface area contributed by atoms with Gasteiger partial charge in [-0.2, -0.15) is 0 Å². The quantitative estimate of drug-likeness (QED) is 0.742. The van der Waals surface area contributed by atoms with Crippen molar-refractivity contribution in [1.82, 2.24) is 14.5 Å². The molecule has 0 fully saturated rings. The minimum absolute atomic E-state index is 0.0610. The molecule has 0 amide bonds. The molecule has 126 valence electrons. The fraction of sp³-hybridized carbons (Fsp3) is 0.0588. The van der Waals surface area contributed by atoms with Crippen LogP contribution in [0.2, 0.25) is 5.02 Å². The summed E-state index contributed by atoms with van der Waals surface area (Å²) in [6.07, 6.45) is 4.45. The lowest BCUT2D eigenvalue weighted by atomic mass is 10.2. The number of phenols is 1. The number of phenolic OH excluding ortho intramolecular Hbond substituents is 1. The summed E-state index contributed by atoms with van der Waals surface area (Å²) in [5.41, 5.74) is 0.705. The number of hydrogen-bond donors (Lipinski definition) is 2. The van der Waals surface area contributed by atoms with Crippen LogP contribution < -0.4 is 5.56 Å². The van der Waals surface area contributed by atoms with E-state index in [4.69, 9.17) is 16.7 Å². The Kier molecular flexibility index (Phi) is 4.49. The Balaban J connectivity index is 2.14. The topological polar surface area (TPSA) is 105 Å². The molecular weight excluding hydrogens is 346 g/mol. The molecule has 0 bridgehead atoms. The molecule has 2 N–H and O–H groups in total. The van der Waals surface area contributed by atoms with E-state index in [1.54, 1.807) is 18.2 Å². The minimum atomic E-state index is -1.17. The largest absolute Gasteiger partial charge is 0.508 e. The fourth-order valence-corrected chi connectivity index (χ4v) is 2.43. The van der Waals surface area contributed by atoms with E-state index < -0.39 is 18.1 Å². The first-order valence-corrected chi connectivity index (χ1v) is 7.57. The van der Waals surface area contributed by atoms with Gasteiger partial charge in [-0.05, 0) is 29.8 Å². The molecule has 2 aromatic heterocycles. The van der Waals surface area contributed by atoms with Gasteiger partial charge < -0.3 is 10.2 Å². The van der Waals surface area contributed by atoms with Crippen molar-refractivity contribution in [2.75, 3.05) is 0 Å². The zero-order valence-electron chi connectivity index (χ0n) is 12.8. The Morgan fingerprint density at radius 2 is 1.96 bits per heavy atom. The number of rotatable bonds is 4. The highest BCUT2D eigenvalue weighted by Crippen LogP contribution is 2.16. The Labute approximate surface area is 146 Å². The van der Waals surface area contributed by atoms with Crippen molar-refractivity contribution in [1.29, 1.82) is 0 Å². The van der Waals surface area contributed by atoms with Crippen LogP contribution in [0.15, 0.2) is 41.3 Å². The number of fused-ring (bicyclic) bond motifs is 1. The number of benzene rings is 1. The van der Waals surface area contributed by atoms with Crippen molar-refractivity contribution in [2.45, 2.75) is 6.54 Å². The summed E-state index contributed by atoms with van der Waals surface area (Å²) in [4.78, 5) is 31.9. The lowest BCUT2D eigenvalue weighted by Crippen LogP contribution is -2.27. The van der Waals surface area contributed by atoms with Gasteiger partial charge in [0.05, 0.1) is 5.02 Å². The molecule has 0 saturated carbocycles. The van der Waals surface area contributed by atoms with Crippen molar-refractivity contribution in [2.24, 2.45) is 0 Å². The average molecular weight is 358 g/mol. The van der Waals surface area contributed by atoms with Gasteiger partial charge >= 0.3 is 5.97 Å². The van der Waals surface area contributed by atoms with Crippen LogP contribution in [-0.4, -0.2) is 30.7 Å². The molecule has 0 aliphatic heterocycles. The van der Waals surface area contributed by atoms with E-state index in [-0.39, 0.29) is 17.1 Å². The van der Waals surface area contributed by atoms with E-state index in [1.165, 1.54) is 30.5 Å². The van der Waals surface area contributed by atoms with Gasteiger partial charge in [-0.3, -0.25) is 14.2 Å². The van der Waals surface area contributed by atoms with Gasteiger partial charge in [0, 0.05) is 6.20 Å². The fourth-order valence-electron chi connectivity index (χ4n) is 2.27. The number of carboxylic acids is 1. The van der Waals surface area contributed by atoms with Crippen LogP contribution >= 0.6 is 11.6 Å². The van der Waals surface area contributed by atoms with Crippen molar-refractivity contribution < 1.29 is 15.0 Å². The molecule has 0 aliphatic carbocycles. The Bertz CT molecular complexity index is 1040. The number of carbonyl (C=O) groups is 1. The highest BCUT2D eigenvalue weighted by atomic mass is 35.5. The van der Waals surface area contributed by atoms with Gasteiger partial charge in [0.15, 0.2) is 5.65 Å². The molecule has 3 rings (SSSR count). The van der Waals surface area contributed by atoms with Gasteiger partial charge in [-0.15, -0.1) is 0 Å². The van der Waals surface area contributed by atoms with E-state index in [0.717, 1.165) is 10.1 Å². The van der Waals surface area contributed by atoms with Crippen LogP contribution in [0, 0.1) is 0 Å². The molecule has 2 heterocycles. The molecule has 1 aromatic carbocycles. The van der Waals surface area contributed by atoms with Crippen molar-refractivity contribution >= 4 is 40.9 Å². The zero-order chi connectivity index (χ0) is 18.0. The molecule has 0 spiro atoms. The summed E-state index contributed by atoms with van der Waals surface area (Å²) in [7, 11) is 0. The maximum Gasteiger partial charge on any atom is 0.323 e. The van der Waals surface area contributed by atoms with E-state index >= 15 is 0 Å². The number of halogens is 1. The molecule has 0 aliphatic rings. The molecule has 8 heteroatoms. The average Bonchev–Trinajstić information content (AvgIpc) is 2.57. The van der Waals surface area contributed by atoms with Crippen molar-refractivity contribution in [3.63, 3.8) is 0 Å². The lowest BCUT2D eigenvalue weighted by molar-refractivity contribution is -0.137. The maximum absolute atomic E-state index is 12.6. The van der Waals surface area contributed by atoms with Gasteiger partial charge in [0.25, 0.3) is 5.56 Å². The summed E-state index contributed by atoms with van der Waals surface area (Å²) in [5.74, 6) is -1.04. The zero-order valence-corrected chi connectivity index (χ0v) is 13.5. The first kappa shape index (κ1) is 16.7. The highest BCUT2D eigenvalue weighted by molar-refractivity contribution is 6.31. The van der Waals surface area contributed by atoms with Crippen LogP contribution in [-0.2, 0) is 11.3 Å². The third-order valence-corrected chi connectivity index (χ3v) is 3.60. The number of carboxylic acid groups (broad SMARTS) is 1. The SMILES string of the molecule is O=C(O)Cn1c(=O)c(/C=C/c2ccc(O)cc2)nc2cc(Cl)cnc21. The summed E-state index contributed by atoms with van der Waals surface area (Å²) in [6, 6.07) is 7.88. The van der Waals surface area contributed by atoms with Crippen LogP contribution in [0.3, 0.4) is 0 Å². The van der Waals surface area contributed by atoms with Crippen molar-refractivity contribution in [3.05, 3.63) is 63.2 Å². The number of aliphatic carboxylic acids is 1. The second-order valence-corrected chi connectivity index (χ2v) is 5.64. The maximum atomic E-state index is 12.6. The monoisotopic (exact) mass is 357 g/mol. The van der Waals surface area contributed by atoms with Crippen LogP contribution in [0.5, 0.6) is 5.75 Å². The predicted octanol–water partition coefficient (Wildman–Crippen LogP) is 2.41. The van der Waals surface area contributed by atoms with Crippen molar-refractivity contribution in [3.8, 4) is 5.75 Å². The predicted molar refractivity (Wildman–Crippen MR) is 93.5 cm³/mol. The van der Waals surface area contributed by atoms with Crippen LogP contribution in [0.4, 0.5) is 0 Å². The van der Waals surface area contributed by atoms with Gasteiger partial charge in [0.2, 0.25) is 0 Å². The Hall–Kier alpha value is -3.19. The molecule has 0 saturated heterocycles. The number of aromatic nitrogens is 3. The molecule has 0 unspecified atom stereocenters. The highest BCUT2D eigenvalue weighted by Gasteiger charge is 2.13. The normalized spacial score (nSPS) is 11.2. The van der Waals surface area contributed by atoms with Gasteiger partial charge in [0.1, 0.15) is 23.5 Å². The smallest absolute Gasteiger partial charge is 0.323 e. The van der Waals surface area contributed by atoms with E-state index in [0.29, 0.717) is 10.5 Å². The number of hydrogen-bond acceptors (Lipinski definition) is 5. The molecule has 25 heavy (non-hydrogen) atoms. The Morgan fingerprint density at radius 3 is 2.64 bits per heavy atom. The summed E-state index contributed by atoms with van der Waals surface area (Å²) in [5, 5.41) is 18.7. The number of pyridine rings is 1. The molecule has 7 nitrogen and oxygen atoms in total. The molecular formula is C17H12ClN3O4. The molecule has 3 aromatic rings.